The molecule has 0 radical (unpaired) electrons. The highest BCUT2D eigenvalue weighted by atomic mass is 16.6. The van der Waals surface area contributed by atoms with Gasteiger partial charge in [-0.05, 0) is 6.92 Å². The summed E-state index contributed by atoms with van der Waals surface area (Å²) in [5.41, 5.74) is -1.04. The zero-order valence-electron chi connectivity index (χ0n) is 8.94. The van der Waals surface area contributed by atoms with Crippen LogP contribution in [0.5, 0.6) is 0 Å². The highest BCUT2D eigenvalue weighted by Gasteiger charge is 2.19. The first-order valence-electron chi connectivity index (χ1n) is 4.72. The summed E-state index contributed by atoms with van der Waals surface area (Å²) >= 11 is 0. The maximum Gasteiger partial charge on any atom is 0.330 e. The lowest BCUT2D eigenvalue weighted by atomic mass is 10.1. The van der Waals surface area contributed by atoms with Crippen molar-refractivity contribution in [2.45, 2.75) is 18.9 Å². The van der Waals surface area contributed by atoms with Gasteiger partial charge in [0.1, 0.15) is 6.61 Å². The SMILES string of the molecule is C=CC(=O)OCCOCC(C)(O)CCO. The summed E-state index contributed by atoms with van der Waals surface area (Å²) in [5, 5.41) is 18.2. The molecule has 1 atom stereocenters. The van der Waals surface area contributed by atoms with Crippen LogP contribution in [0.1, 0.15) is 13.3 Å². The first-order valence-corrected chi connectivity index (χ1v) is 4.72. The minimum Gasteiger partial charge on any atom is -0.460 e. The van der Waals surface area contributed by atoms with Crippen LogP contribution in [0, 0.1) is 0 Å². The van der Waals surface area contributed by atoms with E-state index >= 15 is 0 Å². The topological polar surface area (TPSA) is 76.0 Å². The third-order valence-electron chi connectivity index (χ3n) is 1.70. The fourth-order valence-corrected chi connectivity index (χ4v) is 0.865. The Balaban J connectivity index is 3.45. The molecule has 0 aromatic carbocycles. The van der Waals surface area contributed by atoms with E-state index < -0.39 is 11.6 Å². The van der Waals surface area contributed by atoms with Crippen molar-refractivity contribution in [3.8, 4) is 0 Å². The van der Waals surface area contributed by atoms with Crippen LogP contribution in [0.15, 0.2) is 12.7 Å². The molecule has 0 saturated heterocycles. The van der Waals surface area contributed by atoms with Crippen molar-refractivity contribution in [2.24, 2.45) is 0 Å². The fourth-order valence-electron chi connectivity index (χ4n) is 0.865. The second-order valence-electron chi connectivity index (χ2n) is 3.39. The van der Waals surface area contributed by atoms with E-state index in [0.29, 0.717) is 0 Å². The number of rotatable bonds is 8. The second kappa shape index (κ2) is 7.39. The number of hydrogen-bond donors (Lipinski definition) is 2. The van der Waals surface area contributed by atoms with Gasteiger partial charge in [0.2, 0.25) is 0 Å². The van der Waals surface area contributed by atoms with Crippen molar-refractivity contribution in [2.75, 3.05) is 26.4 Å². The van der Waals surface area contributed by atoms with Crippen molar-refractivity contribution in [3.63, 3.8) is 0 Å². The van der Waals surface area contributed by atoms with E-state index in [1.54, 1.807) is 6.92 Å². The van der Waals surface area contributed by atoms with Gasteiger partial charge in [0.25, 0.3) is 0 Å². The zero-order valence-corrected chi connectivity index (χ0v) is 8.94. The van der Waals surface area contributed by atoms with E-state index in [1.807, 2.05) is 0 Å². The molecule has 0 aliphatic carbocycles. The molecule has 0 aliphatic heterocycles. The molecule has 15 heavy (non-hydrogen) atoms. The van der Waals surface area contributed by atoms with Crippen molar-refractivity contribution >= 4 is 5.97 Å². The Morgan fingerprint density at radius 2 is 2.20 bits per heavy atom. The number of ether oxygens (including phenoxy) is 2. The first kappa shape index (κ1) is 14.1. The standard InChI is InChI=1S/C10H18O5/c1-3-9(12)15-7-6-14-8-10(2,13)4-5-11/h3,11,13H,1,4-8H2,2H3. The number of aliphatic hydroxyl groups excluding tert-OH is 1. The zero-order chi connectivity index (χ0) is 11.7. The lowest BCUT2D eigenvalue weighted by molar-refractivity contribution is -0.140. The van der Waals surface area contributed by atoms with Crippen molar-refractivity contribution < 1.29 is 24.5 Å². The molecule has 5 nitrogen and oxygen atoms in total. The second-order valence-corrected chi connectivity index (χ2v) is 3.39. The molecule has 0 rings (SSSR count). The summed E-state index contributed by atoms with van der Waals surface area (Å²) in [6.45, 7) is 5.14. The summed E-state index contributed by atoms with van der Waals surface area (Å²) in [7, 11) is 0. The maximum absolute atomic E-state index is 10.6. The molecular formula is C10H18O5. The highest BCUT2D eigenvalue weighted by molar-refractivity contribution is 5.81. The Kier molecular flexibility index (Phi) is 6.94. The molecule has 5 heteroatoms. The molecular weight excluding hydrogens is 200 g/mol. The van der Waals surface area contributed by atoms with Crippen LogP contribution < -0.4 is 0 Å². The van der Waals surface area contributed by atoms with Crippen LogP contribution in [-0.4, -0.2) is 48.2 Å². The number of hydrogen-bond acceptors (Lipinski definition) is 5. The minimum atomic E-state index is -1.04. The predicted molar refractivity (Wildman–Crippen MR) is 54.3 cm³/mol. The van der Waals surface area contributed by atoms with E-state index in [2.05, 4.69) is 11.3 Å². The van der Waals surface area contributed by atoms with Gasteiger partial charge in [-0.2, -0.15) is 0 Å². The van der Waals surface area contributed by atoms with Crippen LogP contribution in [0.25, 0.3) is 0 Å². The lowest BCUT2D eigenvalue weighted by Gasteiger charge is -2.21. The minimum absolute atomic E-state index is 0.0954. The van der Waals surface area contributed by atoms with Crippen LogP contribution in [0.3, 0.4) is 0 Å². The highest BCUT2D eigenvalue weighted by Crippen LogP contribution is 2.08. The van der Waals surface area contributed by atoms with Gasteiger partial charge in [-0.25, -0.2) is 4.79 Å². The molecule has 0 aromatic heterocycles. The Morgan fingerprint density at radius 1 is 1.53 bits per heavy atom. The third kappa shape index (κ3) is 8.11. The Morgan fingerprint density at radius 3 is 2.73 bits per heavy atom. The van der Waals surface area contributed by atoms with E-state index in [0.717, 1.165) is 6.08 Å². The van der Waals surface area contributed by atoms with Gasteiger partial charge in [0, 0.05) is 19.1 Å². The van der Waals surface area contributed by atoms with E-state index in [9.17, 15) is 9.90 Å². The summed E-state index contributed by atoms with van der Waals surface area (Å²) in [6.07, 6.45) is 1.32. The average molecular weight is 218 g/mol. The molecule has 2 N–H and O–H groups in total. The lowest BCUT2D eigenvalue weighted by Crippen LogP contribution is -2.32. The van der Waals surface area contributed by atoms with Crippen LogP contribution in [0.2, 0.25) is 0 Å². The molecule has 0 aromatic rings. The third-order valence-corrected chi connectivity index (χ3v) is 1.70. The van der Waals surface area contributed by atoms with Gasteiger partial charge in [-0.1, -0.05) is 6.58 Å². The largest absolute Gasteiger partial charge is 0.460 e. The van der Waals surface area contributed by atoms with E-state index in [-0.39, 0.29) is 32.8 Å². The summed E-state index contributed by atoms with van der Waals surface area (Å²) in [5.74, 6) is -0.499. The molecule has 0 amide bonds. The number of aliphatic hydroxyl groups is 2. The van der Waals surface area contributed by atoms with Crippen LogP contribution >= 0.6 is 0 Å². The Labute approximate surface area is 89.3 Å². The van der Waals surface area contributed by atoms with Crippen LogP contribution in [-0.2, 0) is 14.3 Å². The first-order chi connectivity index (χ1) is 7.02. The summed E-state index contributed by atoms with van der Waals surface area (Å²) in [4.78, 5) is 10.6. The molecule has 0 bridgehead atoms. The number of carbonyl (C=O) groups excluding carboxylic acids is 1. The maximum atomic E-state index is 10.6. The van der Waals surface area contributed by atoms with Crippen LogP contribution in [0.4, 0.5) is 0 Å². The molecule has 1 unspecified atom stereocenters. The predicted octanol–water partition coefficient (Wildman–Crippen LogP) is -0.134. The quantitative estimate of drug-likeness (QED) is 0.337. The molecule has 88 valence electrons. The number of carbonyl (C=O) groups is 1. The summed E-state index contributed by atoms with van der Waals surface area (Å²) in [6, 6.07) is 0. The van der Waals surface area contributed by atoms with Crippen molar-refractivity contribution in [1.82, 2.24) is 0 Å². The van der Waals surface area contributed by atoms with E-state index in [1.165, 1.54) is 0 Å². The molecule has 0 aliphatic rings. The summed E-state index contributed by atoms with van der Waals surface area (Å²) < 4.78 is 9.73. The van der Waals surface area contributed by atoms with Gasteiger partial charge >= 0.3 is 5.97 Å². The molecule has 0 saturated carbocycles. The molecule has 0 fully saturated rings. The van der Waals surface area contributed by atoms with Gasteiger partial charge in [-0.3, -0.25) is 0 Å². The molecule has 0 heterocycles. The van der Waals surface area contributed by atoms with Gasteiger partial charge in [0.15, 0.2) is 0 Å². The van der Waals surface area contributed by atoms with E-state index in [4.69, 9.17) is 9.84 Å². The molecule has 0 spiro atoms. The van der Waals surface area contributed by atoms with Gasteiger partial charge in [-0.15, -0.1) is 0 Å². The Hall–Kier alpha value is -0.910. The van der Waals surface area contributed by atoms with Crippen molar-refractivity contribution in [3.05, 3.63) is 12.7 Å². The Bertz CT molecular complexity index is 200. The average Bonchev–Trinajstić information content (AvgIpc) is 2.16. The smallest absolute Gasteiger partial charge is 0.330 e. The van der Waals surface area contributed by atoms with Crippen molar-refractivity contribution in [1.29, 1.82) is 0 Å². The number of esters is 1. The monoisotopic (exact) mass is 218 g/mol. The fraction of sp³-hybridized carbons (Fsp3) is 0.700. The normalized spacial score (nSPS) is 14.3. The van der Waals surface area contributed by atoms with Gasteiger partial charge in [0.05, 0.1) is 18.8 Å². The van der Waals surface area contributed by atoms with Gasteiger partial charge < -0.3 is 19.7 Å².